The Hall–Kier alpha value is -2.04. The number of amides is 3. The average molecular weight is 303 g/mol. The Kier molecular flexibility index (Phi) is 4.74. The molecule has 1 atom stereocenters. The van der Waals surface area contributed by atoms with E-state index in [2.05, 4.69) is 31.3 Å². The summed E-state index contributed by atoms with van der Waals surface area (Å²) in [7, 11) is 3.31. The van der Waals surface area contributed by atoms with Crippen LogP contribution in [0.1, 0.15) is 25.3 Å². The van der Waals surface area contributed by atoms with Gasteiger partial charge in [0.2, 0.25) is 5.91 Å². The topological polar surface area (TPSA) is 52.7 Å². The number of likely N-dealkylation sites (tertiary alicyclic amines) is 1. The van der Waals surface area contributed by atoms with Gasteiger partial charge in [0.25, 0.3) is 0 Å². The van der Waals surface area contributed by atoms with Crippen LogP contribution in [0.5, 0.6) is 0 Å². The van der Waals surface area contributed by atoms with Gasteiger partial charge in [0.1, 0.15) is 0 Å². The molecule has 1 fully saturated rings. The molecule has 0 aromatic heterocycles. The number of hydrogen-bond donors (Lipinski definition) is 1. The summed E-state index contributed by atoms with van der Waals surface area (Å²) in [6.45, 7) is 5.85. The lowest BCUT2D eigenvalue weighted by Gasteiger charge is -2.25. The molecule has 0 aliphatic carbocycles. The van der Waals surface area contributed by atoms with Gasteiger partial charge in [-0.05, 0) is 11.0 Å². The van der Waals surface area contributed by atoms with E-state index in [1.807, 2.05) is 23.1 Å². The molecule has 0 unspecified atom stereocenters. The molecule has 5 heteroatoms. The molecule has 1 aliphatic rings. The quantitative estimate of drug-likeness (QED) is 0.927. The molecule has 0 spiro atoms. The predicted molar refractivity (Wildman–Crippen MR) is 86.6 cm³/mol. The van der Waals surface area contributed by atoms with Crippen LogP contribution in [0.3, 0.4) is 0 Å². The summed E-state index contributed by atoms with van der Waals surface area (Å²) in [6, 6.07) is 10.1. The lowest BCUT2D eigenvalue weighted by atomic mass is 9.78. The number of benzene rings is 1. The standard InChI is InChI=1S/C17H25N3O2/c1-17(2)12-20(15(21)10-18-16(22)19(3)4)11-14(17)13-8-6-5-7-9-13/h5-9,14H,10-12H2,1-4H3,(H,18,22)/t14-/m0/s1. The maximum atomic E-state index is 12.3. The number of nitrogens with one attached hydrogen (secondary N) is 1. The molecule has 0 bridgehead atoms. The Morgan fingerprint density at radius 1 is 1.27 bits per heavy atom. The number of carbonyl (C=O) groups is 2. The van der Waals surface area contributed by atoms with Crippen molar-refractivity contribution in [3.05, 3.63) is 35.9 Å². The van der Waals surface area contributed by atoms with Crippen LogP contribution < -0.4 is 5.32 Å². The van der Waals surface area contributed by atoms with Crippen LogP contribution in [0.2, 0.25) is 0 Å². The second-order valence-electron chi connectivity index (χ2n) is 6.78. The lowest BCUT2D eigenvalue weighted by Crippen LogP contribution is -2.43. The highest BCUT2D eigenvalue weighted by molar-refractivity contribution is 5.84. The van der Waals surface area contributed by atoms with Gasteiger partial charge in [-0.25, -0.2) is 4.79 Å². The third-order valence-corrected chi connectivity index (χ3v) is 4.30. The molecule has 1 aliphatic heterocycles. The lowest BCUT2D eigenvalue weighted by molar-refractivity contribution is -0.129. The van der Waals surface area contributed by atoms with Crippen molar-refractivity contribution in [2.75, 3.05) is 33.7 Å². The third-order valence-electron chi connectivity index (χ3n) is 4.30. The second-order valence-corrected chi connectivity index (χ2v) is 6.78. The monoisotopic (exact) mass is 303 g/mol. The summed E-state index contributed by atoms with van der Waals surface area (Å²) in [5.41, 5.74) is 1.29. The van der Waals surface area contributed by atoms with E-state index in [0.29, 0.717) is 19.0 Å². The van der Waals surface area contributed by atoms with Crippen molar-refractivity contribution in [2.45, 2.75) is 19.8 Å². The van der Waals surface area contributed by atoms with Crippen molar-refractivity contribution < 1.29 is 9.59 Å². The number of urea groups is 1. The summed E-state index contributed by atoms with van der Waals surface area (Å²) >= 11 is 0. The van der Waals surface area contributed by atoms with Crippen LogP contribution in [0.4, 0.5) is 4.79 Å². The molecule has 1 aromatic rings. The van der Waals surface area contributed by atoms with Crippen molar-refractivity contribution in [2.24, 2.45) is 5.41 Å². The Morgan fingerprint density at radius 2 is 1.91 bits per heavy atom. The van der Waals surface area contributed by atoms with Gasteiger partial charge in [-0.1, -0.05) is 44.2 Å². The van der Waals surface area contributed by atoms with Crippen LogP contribution in [0, 0.1) is 5.41 Å². The number of hydrogen-bond acceptors (Lipinski definition) is 2. The van der Waals surface area contributed by atoms with Gasteiger partial charge < -0.3 is 15.1 Å². The zero-order valence-electron chi connectivity index (χ0n) is 13.8. The van der Waals surface area contributed by atoms with Gasteiger partial charge in [0.15, 0.2) is 0 Å². The maximum absolute atomic E-state index is 12.3. The van der Waals surface area contributed by atoms with Crippen molar-refractivity contribution in [3.8, 4) is 0 Å². The van der Waals surface area contributed by atoms with Crippen LogP contribution in [0.15, 0.2) is 30.3 Å². The Morgan fingerprint density at radius 3 is 2.50 bits per heavy atom. The predicted octanol–water partition coefficient (Wildman–Crippen LogP) is 1.91. The normalized spacial score (nSPS) is 19.8. The first-order chi connectivity index (χ1) is 10.3. The van der Waals surface area contributed by atoms with E-state index in [9.17, 15) is 9.59 Å². The molecule has 5 nitrogen and oxygen atoms in total. The maximum Gasteiger partial charge on any atom is 0.317 e. The summed E-state index contributed by atoms with van der Waals surface area (Å²) in [5.74, 6) is 0.295. The number of carbonyl (C=O) groups excluding carboxylic acids is 2. The van der Waals surface area contributed by atoms with Crippen LogP contribution in [-0.4, -0.2) is 55.5 Å². The van der Waals surface area contributed by atoms with Gasteiger partial charge in [-0.15, -0.1) is 0 Å². The molecule has 0 saturated carbocycles. The van der Waals surface area contributed by atoms with E-state index in [-0.39, 0.29) is 23.9 Å². The first-order valence-corrected chi connectivity index (χ1v) is 7.59. The van der Waals surface area contributed by atoms with Crippen molar-refractivity contribution in [1.82, 2.24) is 15.1 Å². The highest BCUT2D eigenvalue weighted by Crippen LogP contribution is 2.42. The zero-order chi connectivity index (χ0) is 16.3. The van der Waals surface area contributed by atoms with Crippen LogP contribution in [0.25, 0.3) is 0 Å². The summed E-state index contributed by atoms with van der Waals surface area (Å²) in [4.78, 5) is 27.1. The van der Waals surface area contributed by atoms with Gasteiger partial charge in [0, 0.05) is 33.1 Å². The highest BCUT2D eigenvalue weighted by atomic mass is 16.2. The minimum Gasteiger partial charge on any atom is -0.340 e. The van der Waals surface area contributed by atoms with Gasteiger partial charge in [0.05, 0.1) is 6.54 Å². The Labute approximate surface area is 132 Å². The molecule has 3 amide bonds. The summed E-state index contributed by atoms with van der Waals surface area (Å²) in [5, 5.41) is 2.64. The van der Waals surface area contributed by atoms with Crippen LogP contribution >= 0.6 is 0 Å². The molecule has 1 heterocycles. The first-order valence-electron chi connectivity index (χ1n) is 7.59. The molecule has 1 N–H and O–H groups in total. The number of nitrogens with zero attached hydrogens (tertiary/aromatic N) is 2. The summed E-state index contributed by atoms with van der Waals surface area (Å²) < 4.78 is 0. The van der Waals surface area contributed by atoms with E-state index in [0.717, 1.165) is 0 Å². The zero-order valence-corrected chi connectivity index (χ0v) is 13.8. The van der Waals surface area contributed by atoms with Crippen LogP contribution in [-0.2, 0) is 4.79 Å². The van der Waals surface area contributed by atoms with Gasteiger partial charge in [-0.2, -0.15) is 0 Å². The minimum atomic E-state index is -0.244. The van der Waals surface area contributed by atoms with E-state index in [1.165, 1.54) is 10.5 Å². The van der Waals surface area contributed by atoms with Gasteiger partial charge >= 0.3 is 6.03 Å². The minimum absolute atomic E-state index is 0.0262. The molecule has 0 radical (unpaired) electrons. The smallest absolute Gasteiger partial charge is 0.317 e. The van der Waals surface area contributed by atoms with E-state index < -0.39 is 0 Å². The average Bonchev–Trinajstić information content (AvgIpc) is 2.80. The van der Waals surface area contributed by atoms with E-state index in [1.54, 1.807) is 14.1 Å². The van der Waals surface area contributed by atoms with Crippen molar-refractivity contribution in [3.63, 3.8) is 0 Å². The molecule has 2 rings (SSSR count). The van der Waals surface area contributed by atoms with E-state index >= 15 is 0 Å². The largest absolute Gasteiger partial charge is 0.340 e. The fourth-order valence-corrected chi connectivity index (χ4v) is 2.99. The molecule has 120 valence electrons. The Balaban J connectivity index is 2.00. The number of rotatable bonds is 3. The van der Waals surface area contributed by atoms with E-state index in [4.69, 9.17) is 0 Å². The SMILES string of the molecule is CN(C)C(=O)NCC(=O)N1C[C@@H](c2ccccc2)C(C)(C)C1. The second kappa shape index (κ2) is 6.38. The molecular formula is C17H25N3O2. The fraction of sp³-hybridized carbons (Fsp3) is 0.529. The van der Waals surface area contributed by atoms with Gasteiger partial charge in [-0.3, -0.25) is 4.79 Å². The molecule has 1 aromatic carbocycles. The molecule has 1 saturated heterocycles. The first kappa shape index (κ1) is 16.3. The fourth-order valence-electron chi connectivity index (χ4n) is 2.99. The molecular weight excluding hydrogens is 278 g/mol. The van der Waals surface area contributed by atoms with Crippen molar-refractivity contribution >= 4 is 11.9 Å². The highest BCUT2D eigenvalue weighted by Gasteiger charge is 2.41. The molecule has 22 heavy (non-hydrogen) atoms. The third kappa shape index (κ3) is 3.59. The summed E-state index contributed by atoms with van der Waals surface area (Å²) in [6.07, 6.45) is 0. The van der Waals surface area contributed by atoms with Crippen molar-refractivity contribution in [1.29, 1.82) is 0 Å². The Bertz CT molecular complexity index is 540.